The average Bonchev–Trinajstić information content (AvgIpc) is 3.04. The number of aromatic nitrogens is 4. The Balaban J connectivity index is 1.93. The van der Waals surface area contributed by atoms with Gasteiger partial charge < -0.3 is 14.8 Å². The second-order valence-electron chi connectivity index (χ2n) is 4.22. The maximum Gasteiger partial charge on any atom is 0.234 e. The van der Waals surface area contributed by atoms with E-state index in [0.29, 0.717) is 19.3 Å². The monoisotopic (exact) mass is 269 g/mol. The number of methoxy groups -OCH3 is 1. The molecule has 1 saturated heterocycles. The van der Waals surface area contributed by atoms with Gasteiger partial charge in [-0.25, -0.2) is 0 Å². The summed E-state index contributed by atoms with van der Waals surface area (Å²) in [5.41, 5.74) is 0. The van der Waals surface area contributed by atoms with Gasteiger partial charge in [-0.3, -0.25) is 0 Å². The first kappa shape index (κ1) is 12.0. The zero-order valence-electron chi connectivity index (χ0n) is 10.3. The van der Waals surface area contributed by atoms with Crippen LogP contribution in [0.25, 0.3) is 4.96 Å². The SMILES string of the molecule is CNC1COCC1c1nn2c(COC)nnc2s1. The molecule has 3 heterocycles. The summed E-state index contributed by atoms with van der Waals surface area (Å²) < 4.78 is 12.3. The van der Waals surface area contributed by atoms with E-state index in [2.05, 4.69) is 20.6 Å². The molecule has 0 spiro atoms. The Morgan fingerprint density at radius 3 is 3.17 bits per heavy atom. The number of hydrogen-bond donors (Lipinski definition) is 1. The summed E-state index contributed by atoms with van der Waals surface area (Å²) in [6.45, 7) is 1.85. The number of likely N-dealkylation sites (N-methyl/N-ethyl adjacent to an activating group) is 1. The van der Waals surface area contributed by atoms with Crippen LogP contribution in [0.1, 0.15) is 16.7 Å². The zero-order valence-corrected chi connectivity index (χ0v) is 11.1. The molecule has 1 fully saturated rings. The van der Waals surface area contributed by atoms with Gasteiger partial charge in [0.15, 0.2) is 5.82 Å². The number of ether oxygens (including phenoxy) is 2. The van der Waals surface area contributed by atoms with Crippen LogP contribution in [0.15, 0.2) is 0 Å². The van der Waals surface area contributed by atoms with Gasteiger partial charge in [-0.05, 0) is 7.05 Å². The van der Waals surface area contributed by atoms with Crippen molar-refractivity contribution in [3.05, 3.63) is 10.8 Å². The number of nitrogens with one attached hydrogen (secondary N) is 1. The van der Waals surface area contributed by atoms with Crippen LogP contribution in [0.4, 0.5) is 0 Å². The third kappa shape index (κ3) is 1.91. The first-order valence-electron chi connectivity index (χ1n) is 5.78. The molecule has 3 rings (SSSR count). The summed E-state index contributed by atoms with van der Waals surface area (Å²) in [6.07, 6.45) is 0. The molecule has 0 amide bonds. The first-order valence-corrected chi connectivity index (χ1v) is 6.60. The molecule has 0 radical (unpaired) electrons. The van der Waals surface area contributed by atoms with Gasteiger partial charge in [0.1, 0.15) is 11.6 Å². The van der Waals surface area contributed by atoms with E-state index in [1.165, 1.54) is 0 Å². The molecule has 7 nitrogen and oxygen atoms in total. The normalized spacial score (nSPS) is 24.1. The third-order valence-electron chi connectivity index (χ3n) is 3.11. The quantitative estimate of drug-likeness (QED) is 0.844. The Labute approximate surface area is 108 Å². The highest BCUT2D eigenvalue weighted by Gasteiger charge is 2.31. The van der Waals surface area contributed by atoms with Crippen molar-refractivity contribution in [1.29, 1.82) is 0 Å². The minimum absolute atomic E-state index is 0.289. The summed E-state index contributed by atoms with van der Waals surface area (Å²) >= 11 is 1.56. The van der Waals surface area contributed by atoms with Gasteiger partial charge in [0.25, 0.3) is 0 Å². The second-order valence-corrected chi connectivity index (χ2v) is 5.21. The predicted octanol–water partition coefficient (Wildman–Crippen LogP) is 0.0340. The number of hydrogen-bond acceptors (Lipinski definition) is 7. The van der Waals surface area contributed by atoms with Crippen LogP contribution in [0.5, 0.6) is 0 Å². The molecule has 2 unspecified atom stereocenters. The third-order valence-corrected chi connectivity index (χ3v) is 4.14. The number of rotatable bonds is 4. The summed E-state index contributed by atoms with van der Waals surface area (Å²) in [7, 11) is 3.58. The predicted molar refractivity (Wildman–Crippen MR) is 65.8 cm³/mol. The Kier molecular flexibility index (Phi) is 3.25. The molecule has 2 atom stereocenters. The van der Waals surface area contributed by atoms with Crippen molar-refractivity contribution >= 4 is 16.3 Å². The fourth-order valence-corrected chi connectivity index (χ4v) is 3.13. The van der Waals surface area contributed by atoms with Crippen LogP contribution < -0.4 is 5.32 Å². The van der Waals surface area contributed by atoms with E-state index >= 15 is 0 Å². The summed E-state index contributed by atoms with van der Waals surface area (Å²) in [5, 5.41) is 17.0. The van der Waals surface area contributed by atoms with Crippen LogP contribution in [0.2, 0.25) is 0 Å². The summed E-state index contributed by atoms with van der Waals surface area (Å²) in [5.74, 6) is 1.02. The van der Waals surface area contributed by atoms with E-state index in [4.69, 9.17) is 9.47 Å². The van der Waals surface area contributed by atoms with Crippen LogP contribution in [-0.4, -0.2) is 53.2 Å². The number of nitrogens with zero attached hydrogens (tertiary/aromatic N) is 4. The van der Waals surface area contributed by atoms with Gasteiger partial charge in [-0.2, -0.15) is 9.61 Å². The molecule has 0 aromatic carbocycles. The topological polar surface area (TPSA) is 73.6 Å². The van der Waals surface area contributed by atoms with Gasteiger partial charge in [0, 0.05) is 13.2 Å². The Morgan fingerprint density at radius 2 is 2.39 bits per heavy atom. The highest BCUT2D eigenvalue weighted by atomic mass is 32.1. The van der Waals surface area contributed by atoms with Crippen molar-refractivity contribution in [3.63, 3.8) is 0 Å². The van der Waals surface area contributed by atoms with E-state index in [0.717, 1.165) is 22.4 Å². The summed E-state index contributed by atoms with van der Waals surface area (Å²) in [4.78, 5) is 0.804. The van der Waals surface area contributed by atoms with E-state index < -0.39 is 0 Å². The standard InChI is InChI=1S/C10H15N5O2S/c1-11-7-4-17-3-6(7)9-14-15-8(5-16-2)12-13-10(15)18-9/h6-7,11H,3-5H2,1-2H3. The molecule has 1 N–H and O–H groups in total. The molecule has 2 aromatic rings. The Bertz CT molecular complexity index is 539. The van der Waals surface area contributed by atoms with E-state index in [9.17, 15) is 0 Å². The Morgan fingerprint density at radius 1 is 1.50 bits per heavy atom. The molecule has 0 aliphatic carbocycles. The fourth-order valence-electron chi connectivity index (χ4n) is 2.12. The fraction of sp³-hybridized carbons (Fsp3) is 0.700. The lowest BCUT2D eigenvalue weighted by molar-refractivity contribution is 0.176. The number of fused-ring (bicyclic) bond motifs is 1. The van der Waals surface area contributed by atoms with Crippen LogP contribution in [0, 0.1) is 0 Å². The molecule has 0 saturated carbocycles. The second kappa shape index (κ2) is 4.88. The minimum atomic E-state index is 0.289. The van der Waals surface area contributed by atoms with Gasteiger partial charge in [0.2, 0.25) is 4.96 Å². The molecule has 8 heteroatoms. The zero-order chi connectivity index (χ0) is 12.5. The van der Waals surface area contributed by atoms with Crippen molar-refractivity contribution in [3.8, 4) is 0 Å². The van der Waals surface area contributed by atoms with Crippen molar-refractivity contribution in [2.45, 2.75) is 18.6 Å². The Hall–Kier alpha value is -1.09. The first-order chi connectivity index (χ1) is 8.83. The molecule has 2 aromatic heterocycles. The van der Waals surface area contributed by atoms with Crippen molar-refractivity contribution in [1.82, 2.24) is 25.1 Å². The maximum absolute atomic E-state index is 5.50. The largest absolute Gasteiger partial charge is 0.379 e. The lowest BCUT2D eigenvalue weighted by Crippen LogP contribution is -2.31. The maximum atomic E-state index is 5.50. The van der Waals surface area contributed by atoms with Gasteiger partial charge in [-0.1, -0.05) is 11.3 Å². The van der Waals surface area contributed by atoms with Crippen LogP contribution in [0.3, 0.4) is 0 Å². The van der Waals surface area contributed by atoms with Crippen LogP contribution in [-0.2, 0) is 16.1 Å². The molecule has 0 bridgehead atoms. The van der Waals surface area contributed by atoms with Gasteiger partial charge >= 0.3 is 0 Å². The summed E-state index contributed by atoms with van der Waals surface area (Å²) in [6, 6.07) is 0.319. The molecular formula is C10H15N5O2S. The molecule has 18 heavy (non-hydrogen) atoms. The van der Waals surface area contributed by atoms with Crippen molar-refractivity contribution in [2.75, 3.05) is 27.4 Å². The lowest BCUT2D eigenvalue weighted by atomic mass is 10.1. The smallest absolute Gasteiger partial charge is 0.234 e. The molecule has 1 aliphatic rings. The van der Waals surface area contributed by atoms with Gasteiger partial charge in [-0.15, -0.1) is 10.2 Å². The van der Waals surface area contributed by atoms with E-state index in [1.54, 1.807) is 23.0 Å². The molecule has 1 aliphatic heterocycles. The highest BCUT2D eigenvalue weighted by Crippen LogP contribution is 2.29. The average molecular weight is 269 g/mol. The van der Waals surface area contributed by atoms with Crippen LogP contribution >= 0.6 is 11.3 Å². The lowest BCUT2D eigenvalue weighted by Gasteiger charge is -2.12. The van der Waals surface area contributed by atoms with E-state index in [1.807, 2.05) is 7.05 Å². The van der Waals surface area contributed by atoms with Crippen molar-refractivity contribution < 1.29 is 9.47 Å². The minimum Gasteiger partial charge on any atom is -0.379 e. The molecule has 98 valence electrons. The van der Waals surface area contributed by atoms with Crippen molar-refractivity contribution in [2.24, 2.45) is 0 Å². The van der Waals surface area contributed by atoms with Gasteiger partial charge in [0.05, 0.1) is 19.1 Å². The van der Waals surface area contributed by atoms with E-state index in [-0.39, 0.29) is 5.92 Å². The highest BCUT2D eigenvalue weighted by molar-refractivity contribution is 7.16. The molecular weight excluding hydrogens is 254 g/mol.